The van der Waals surface area contributed by atoms with E-state index in [1.165, 1.54) is 23.0 Å². The number of hydrogen-bond acceptors (Lipinski definition) is 3. The summed E-state index contributed by atoms with van der Waals surface area (Å²) in [5, 5.41) is 7.24. The fourth-order valence-electron chi connectivity index (χ4n) is 3.64. The van der Waals surface area contributed by atoms with Crippen LogP contribution in [0, 0.1) is 11.6 Å². The first-order chi connectivity index (χ1) is 15.1. The summed E-state index contributed by atoms with van der Waals surface area (Å²) in [6.45, 7) is 0. The summed E-state index contributed by atoms with van der Waals surface area (Å²) in [5.41, 5.74) is -1.37. The SMILES string of the molecule is Cn1ncc2c3[nH]n(-c4ccc(F)cc4F)c(=O)c3c(-c3cccc(C(F)(F)F)c3)nc21. The first kappa shape index (κ1) is 19.9. The second-order valence-corrected chi connectivity index (χ2v) is 7.14. The minimum Gasteiger partial charge on any atom is -0.289 e. The number of halogens is 5. The van der Waals surface area contributed by atoms with Crippen molar-refractivity contribution in [2.24, 2.45) is 7.05 Å². The van der Waals surface area contributed by atoms with Crippen LogP contribution in [0.2, 0.25) is 0 Å². The fourth-order valence-corrected chi connectivity index (χ4v) is 3.64. The lowest BCUT2D eigenvalue weighted by atomic mass is 10.0. The van der Waals surface area contributed by atoms with Gasteiger partial charge in [-0.05, 0) is 24.3 Å². The molecule has 162 valence electrons. The largest absolute Gasteiger partial charge is 0.416 e. The summed E-state index contributed by atoms with van der Waals surface area (Å²) in [6.07, 6.45) is -3.16. The van der Waals surface area contributed by atoms with Gasteiger partial charge in [0.15, 0.2) is 11.5 Å². The summed E-state index contributed by atoms with van der Waals surface area (Å²) >= 11 is 0. The number of rotatable bonds is 2. The molecule has 0 saturated carbocycles. The zero-order chi connectivity index (χ0) is 22.8. The van der Waals surface area contributed by atoms with E-state index in [0.717, 1.165) is 28.9 Å². The zero-order valence-electron chi connectivity index (χ0n) is 16.2. The average Bonchev–Trinajstić information content (AvgIpc) is 3.27. The molecule has 11 heteroatoms. The Balaban J connectivity index is 1.88. The number of aromatic nitrogens is 5. The van der Waals surface area contributed by atoms with Crippen molar-refractivity contribution >= 4 is 21.9 Å². The van der Waals surface area contributed by atoms with Crippen molar-refractivity contribution in [2.45, 2.75) is 6.18 Å². The second kappa shape index (κ2) is 6.74. The van der Waals surface area contributed by atoms with Crippen molar-refractivity contribution in [3.63, 3.8) is 0 Å². The summed E-state index contributed by atoms with van der Waals surface area (Å²) < 4.78 is 69.8. The molecule has 0 aliphatic carbocycles. The highest BCUT2D eigenvalue weighted by atomic mass is 19.4. The second-order valence-electron chi connectivity index (χ2n) is 7.14. The highest BCUT2D eigenvalue weighted by molar-refractivity contribution is 6.07. The zero-order valence-corrected chi connectivity index (χ0v) is 16.2. The molecule has 1 N–H and O–H groups in total. The van der Waals surface area contributed by atoms with Gasteiger partial charge in [-0.15, -0.1) is 0 Å². The molecule has 0 spiro atoms. The Hall–Kier alpha value is -4.02. The van der Waals surface area contributed by atoms with E-state index in [-0.39, 0.29) is 27.8 Å². The molecule has 0 unspecified atom stereocenters. The van der Waals surface area contributed by atoms with Crippen LogP contribution >= 0.6 is 0 Å². The van der Waals surface area contributed by atoms with Crippen LogP contribution < -0.4 is 5.56 Å². The number of hydrogen-bond donors (Lipinski definition) is 1. The van der Waals surface area contributed by atoms with Gasteiger partial charge in [0.05, 0.1) is 33.7 Å². The molecule has 0 amide bonds. The van der Waals surface area contributed by atoms with E-state index in [0.29, 0.717) is 17.1 Å². The number of alkyl halides is 3. The third-order valence-corrected chi connectivity index (χ3v) is 5.14. The van der Waals surface area contributed by atoms with Crippen LogP contribution in [0.1, 0.15) is 5.56 Å². The normalized spacial score (nSPS) is 12.2. The van der Waals surface area contributed by atoms with E-state index in [1.807, 2.05) is 0 Å². The summed E-state index contributed by atoms with van der Waals surface area (Å²) in [7, 11) is 1.59. The van der Waals surface area contributed by atoms with Crippen molar-refractivity contribution in [2.75, 3.05) is 0 Å². The van der Waals surface area contributed by atoms with Gasteiger partial charge in [-0.2, -0.15) is 18.3 Å². The molecule has 0 fully saturated rings. The van der Waals surface area contributed by atoms with Gasteiger partial charge < -0.3 is 0 Å². The van der Waals surface area contributed by atoms with E-state index in [2.05, 4.69) is 15.2 Å². The quantitative estimate of drug-likeness (QED) is 0.405. The minimum atomic E-state index is -4.60. The molecule has 0 aliphatic rings. The Morgan fingerprint density at radius 1 is 1.06 bits per heavy atom. The van der Waals surface area contributed by atoms with Gasteiger partial charge in [-0.25, -0.2) is 18.4 Å². The van der Waals surface area contributed by atoms with Gasteiger partial charge >= 0.3 is 6.18 Å². The van der Waals surface area contributed by atoms with Gasteiger partial charge in [-0.1, -0.05) is 12.1 Å². The molecule has 6 nitrogen and oxygen atoms in total. The van der Waals surface area contributed by atoms with Crippen molar-refractivity contribution in [3.8, 4) is 16.9 Å². The third kappa shape index (κ3) is 2.96. The summed E-state index contributed by atoms with van der Waals surface area (Å²) in [6, 6.07) is 7.10. The average molecular weight is 445 g/mol. The van der Waals surface area contributed by atoms with Crippen LogP contribution in [0.3, 0.4) is 0 Å². The number of nitrogens with one attached hydrogen (secondary N) is 1. The Morgan fingerprint density at radius 2 is 1.84 bits per heavy atom. The number of H-pyrrole nitrogens is 1. The van der Waals surface area contributed by atoms with Crippen molar-refractivity contribution in [3.05, 3.63) is 76.2 Å². The molecular weight excluding hydrogens is 433 g/mol. The van der Waals surface area contributed by atoms with Crippen LogP contribution in [-0.4, -0.2) is 24.5 Å². The highest BCUT2D eigenvalue weighted by Crippen LogP contribution is 2.34. The number of pyridine rings is 1. The Morgan fingerprint density at radius 3 is 2.56 bits per heavy atom. The Bertz CT molecular complexity index is 1580. The Kier molecular flexibility index (Phi) is 4.19. The van der Waals surface area contributed by atoms with Crippen LogP contribution in [0.5, 0.6) is 0 Å². The molecule has 32 heavy (non-hydrogen) atoms. The molecule has 0 aliphatic heterocycles. The number of fused-ring (bicyclic) bond motifs is 3. The monoisotopic (exact) mass is 445 g/mol. The van der Waals surface area contributed by atoms with Crippen molar-refractivity contribution < 1.29 is 22.0 Å². The van der Waals surface area contributed by atoms with E-state index >= 15 is 0 Å². The number of aromatic amines is 1. The number of nitrogens with zero attached hydrogens (tertiary/aromatic N) is 4. The molecule has 3 aromatic heterocycles. The first-order valence-corrected chi connectivity index (χ1v) is 9.24. The first-order valence-electron chi connectivity index (χ1n) is 9.24. The lowest BCUT2D eigenvalue weighted by molar-refractivity contribution is -0.137. The van der Waals surface area contributed by atoms with Crippen molar-refractivity contribution in [1.82, 2.24) is 24.5 Å². The summed E-state index contributed by atoms with van der Waals surface area (Å²) in [5.74, 6) is -1.81. The van der Waals surface area contributed by atoms with Gasteiger partial charge in [0.1, 0.15) is 11.5 Å². The van der Waals surface area contributed by atoms with Gasteiger partial charge in [0, 0.05) is 18.7 Å². The third-order valence-electron chi connectivity index (χ3n) is 5.14. The van der Waals surface area contributed by atoms with E-state index in [9.17, 15) is 26.7 Å². The smallest absolute Gasteiger partial charge is 0.289 e. The standard InChI is InChI=1S/C21H12F5N5O/c1-30-19-13(9-27-30)18-16(17(28-19)10-3-2-4-11(7-10)21(24,25)26)20(32)31(29-18)15-6-5-12(22)8-14(15)23/h2-9,29H,1H3. The predicted octanol–water partition coefficient (Wildman–Crippen LogP) is 4.56. The number of aryl methyl sites for hydroxylation is 1. The lowest BCUT2D eigenvalue weighted by Gasteiger charge is -2.09. The van der Waals surface area contributed by atoms with Gasteiger partial charge in [0.2, 0.25) is 0 Å². The topological polar surface area (TPSA) is 68.5 Å². The van der Waals surface area contributed by atoms with Gasteiger partial charge in [-0.3, -0.25) is 14.6 Å². The number of benzene rings is 2. The maximum atomic E-state index is 14.4. The maximum absolute atomic E-state index is 14.4. The van der Waals surface area contributed by atoms with Gasteiger partial charge in [0.25, 0.3) is 5.56 Å². The Labute approximate surface area is 175 Å². The van der Waals surface area contributed by atoms with E-state index < -0.39 is 28.9 Å². The van der Waals surface area contributed by atoms with Crippen LogP contribution in [0.25, 0.3) is 38.9 Å². The minimum absolute atomic E-state index is 0.0234. The lowest BCUT2D eigenvalue weighted by Crippen LogP contribution is -2.16. The summed E-state index contributed by atoms with van der Waals surface area (Å²) in [4.78, 5) is 17.7. The predicted molar refractivity (Wildman–Crippen MR) is 106 cm³/mol. The van der Waals surface area contributed by atoms with E-state index in [4.69, 9.17) is 0 Å². The fraction of sp³-hybridized carbons (Fsp3) is 0.0952. The molecule has 0 saturated heterocycles. The molecule has 3 heterocycles. The molecule has 2 aromatic carbocycles. The maximum Gasteiger partial charge on any atom is 0.416 e. The molecule has 0 bridgehead atoms. The molecule has 5 rings (SSSR count). The molecule has 0 atom stereocenters. The van der Waals surface area contributed by atoms with Crippen LogP contribution in [0.4, 0.5) is 22.0 Å². The van der Waals surface area contributed by atoms with E-state index in [1.54, 1.807) is 7.05 Å². The molecule has 0 radical (unpaired) electrons. The van der Waals surface area contributed by atoms with Crippen LogP contribution in [-0.2, 0) is 13.2 Å². The highest BCUT2D eigenvalue weighted by Gasteiger charge is 2.31. The van der Waals surface area contributed by atoms with Crippen LogP contribution in [0.15, 0.2) is 53.5 Å². The molecule has 5 aromatic rings. The molecular formula is C21H12F5N5O. The van der Waals surface area contributed by atoms with Crippen molar-refractivity contribution in [1.29, 1.82) is 0 Å².